The second-order valence-corrected chi connectivity index (χ2v) is 8.38. The molecular formula is C16H22N4O5S. The Kier molecular flexibility index (Phi) is 5.98. The van der Waals surface area contributed by atoms with Crippen LogP contribution >= 0.6 is 0 Å². The van der Waals surface area contributed by atoms with Gasteiger partial charge >= 0.3 is 11.6 Å². The van der Waals surface area contributed by atoms with Crippen molar-refractivity contribution in [1.29, 1.82) is 0 Å². The fourth-order valence-corrected chi connectivity index (χ4v) is 4.02. The molecule has 26 heavy (non-hydrogen) atoms. The molecule has 1 heterocycles. The van der Waals surface area contributed by atoms with Gasteiger partial charge in [0.05, 0.1) is 15.9 Å². The Hall–Kier alpha value is -2.46. The maximum atomic E-state index is 12.7. The highest BCUT2D eigenvalue weighted by molar-refractivity contribution is 7.90. The van der Waals surface area contributed by atoms with Gasteiger partial charge in [-0.05, 0) is 33.1 Å². The molecule has 0 atom stereocenters. The van der Waals surface area contributed by atoms with Gasteiger partial charge < -0.3 is 20.2 Å². The van der Waals surface area contributed by atoms with Crippen LogP contribution in [0.25, 0.3) is 11.0 Å². The second kappa shape index (κ2) is 7.83. The normalized spacial score (nSPS) is 11.8. The van der Waals surface area contributed by atoms with E-state index in [1.807, 2.05) is 19.0 Å². The molecule has 0 unspecified atom stereocenters. The van der Waals surface area contributed by atoms with E-state index >= 15 is 0 Å². The first-order valence-electron chi connectivity index (χ1n) is 8.02. The number of carbonyl (C=O) groups excluding carboxylic acids is 1. The van der Waals surface area contributed by atoms with Gasteiger partial charge in [-0.2, -0.15) is 0 Å². The van der Waals surface area contributed by atoms with Crippen LogP contribution in [0, 0.1) is 10.1 Å². The van der Waals surface area contributed by atoms with Crippen LogP contribution in [0.3, 0.4) is 0 Å². The van der Waals surface area contributed by atoms with E-state index in [0.717, 1.165) is 0 Å². The highest BCUT2D eigenvalue weighted by atomic mass is 32.2. The summed E-state index contributed by atoms with van der Waals surface area (Å²) < 4.78 is 25.5. The van der Waals surface area contributed by atoms with Crippen molar-refractivity contribution in [1.82, 2.24) is 14.9 Å². The van der Waals surface area contributed by atoms with Crippen molar-refractivity contribution in [3.8, 4) is 0 Å². The van der Waals surface area contributed by atoms with Crippen LogP contribution in [-0.4, -0.2) is 57.4 Å². The third kappa shape index (κ3) is 4.20. The summed E-state index contributed by atoms with van der Waals surface area (Å²) >= 11 is 0. The molecule has 2 rings (SSSR count). The van der Waals surface area contributed by atoms with Crippen molar-refractivity contribution in [2.75, 3.05) is 33.4 Å². The molecule has 0 aliphatic carbocycles. The number of hydrogen-bond donors (Lipinski definition) is 1. The van der Waals surface area contributed by atoms with E-state index < -0.39 is 27.2 Å². The first kappa shape index (κ1) is 19.9. The molecule has 0 bridgehead atoms. The lowest BCUT2D eigenvalue weighted by atomic mass is 10.2. The minimum atomic E-state index is -3.68. The van der Waals surface area contributed by atoms with Crippen molar-refractivity contribution in [3.05, 3.63) is 45.8 Å². The van der Waals surface area contributed by atoms with Crippen molar-refractivity contribution < 1.29 is 17.6 Å². The summed E-state index contributed by atoms with van der Waals surface area (Å²) in [5.74, 6) is -1.64. The predicted molar refractivity (Wildman–Crippen MR) is 98.1 cm³/mol. The maximum Gasteiger partial charge on any atom is 0.347 e. The van der Waals surface area contributed by atoms with Crippen LogP contribution in [0.4, 0.5) is 0 Å². The quantitative estimate of drug-likeness (QED) is 0.680. The number of benzene rings is 1. The Bertz CT molecular complexity index is 982. The molecule has 1 aromatic heterocycles. The Morgan fingerprint density at radius 3 is 2.58 bits per heavy atom. The summed E-state index contributed by atoms with van der Waals surface area (Å²) in [5.41, 5.74) is -0.871. The predicted octanol–water partition coefficient (Wildman–Crippen LogP) is 0.128. The molecule has 0 radical (unpaired) electrons. The number of carbonyl (C=O) groups is 1. The molecule has 0 aliphatic rings. The van der Waals surface area contributed by atoms with E-state index in [2.05, 4.69) is 5.32 Å². The molecular weight excluding hydrogens is 360 g/mol. The lowest BCUT2D eigenvalue weighted by Gasteiger charge is -2.19. The zero-order valence-electron chi connectivity index (χ0n) is 14.9. The van der Waals surface area contributed by atoms with E-state index in [-0.39, 0.29) is 22.5 Å². The third-order valence-electron chi connectivity index (χ3n) is 3.90. The van der Waals surface area contributed by atoms with Gasteiger partial charge in [-0.15, -0.1) is 0 Å². The summed E-state index contributed by atoms with van der Waals surface area (Å²) in [6.07, 6.45) is 0.383. The number of sulfone groups is 1. The van der Waals surface area contributed by atoms with Gasteiger partial charge in [0.25, 0.3) is 5.52 Å². The van der Waals surface area contributed by atoms with Crippen molar-refractivity contribution in [3.63, 3.8) is 0 Å². The smallest absolute Gasteiger partial charge is 0.347 e. The van der Waals surface area contributed by atoms with Crippen LogP contribution < -0.4 is 9.74 Å². The van der Waals surface area contributed by atoms with E-state index in [1.165, 1.54) is 19.2 Å². The topological polar surface area (TPSA) is 117 Å². The fraction of sp³-hybridized carbons (Fsp3) is 0.438. The van der Waals surface area contributed by atoms with Crippen LogP contribution in [0.1, 0.15) is 22.6 Å². The van der Waals surface area contributed by atoms with Gasteiger partial charge in [-0.1, -0.05) is 12.1 Å². The summed E-state index contributed by atoms with van der Waals surface area (Å²) in [4.78, 5) is 26.6. The van der Waals surface area contributed by atoms with Gasteiger partial charge in [0.15, 0.2) is 9.84 Å². The lowest BCUT2D eigenvalue weighted by molar-refractivity contribution is -0.468. The molecule has 0 saturated heterocycles. The van der Waals surface area contributed by atoms with Gasteiger partial charge in [0.1, 0.15) is 11.2 Å². The molecule has 1 amide bonds. The SMILES string of the molecule is CNC(=O)c1c(CS(=O)(=O)CCCN(C)C)n([O-])c2ccccc2[n+]1=O. The van der Waals surface area contributed by atoms with Crippen LogP contribution in [-0.2, 0) is 15.6 Å². The average molecular weight is 382 g/mol. The molecule has 2 aromatic rings. The zero-order valence-corrected chi connectivity index (χ0v) is 15.7. The molecule has 9 nitrogen and oxygen atoms in total. The number of rotatable bonds is 7. The summed E-state index contributed by atoms with van der Waals surface area (Å²) in [7, 11) is 1.28. The third-order valence-corrected chi connectivity index (χ3v) is 5.52. The number of aromatic nitrogens is 2. The molecule has 0 spiro atoms. The highest BCUT2D eigenvalue weighted by Crippen LogP contribution is 2.17. The summed E-state index contributed by atoms with van der Waals surface area (Å²) in [6.45, 7) is 0.568. The van der Waals surface area contributed by atoms with Crippen LogP contribution in [0.2, 0.25) is 0 Å². The molecule has 1 aromatic carbocycles. The van der Waals surface area contributed by atoms with Gasteiger partial charge in [-0.3, -0.25) is 4.79 Å². The number of fused-ring (bicyclic) bond motifs is 1. The number of nitrogens with zero attached hydrogens (tertiary/aromatic N) is 3. The van der Waals surface area contributed by atoms with E-state index in [9.17, 15) is 23.3 Å². The van der Waals surface area contributed by atoms with E-state index in [0.29, 0.717) is 22.1 Å². The molecule has 142 valence electrons. The number of para-hydroxylation sites is 2. The fourth-order valence-electron chi connectivity index (χ4n) is 2.64. The standard InChI is InChI=1S/C16H22N4O5S/c1-17-16(21)15-14(11-26(24,25)10-6-9-18(2)3)19(22)12-7-4-5-8-13(12)20(15)23/h4-5,7-8H,6,9-11H2,1-3H3,(H,17,21). The Balaban J connectivity index is 2.56. The lowest BCUT2D eigenvalue weighted by Crippen LogP contribution is -2.37. The minimum Gasteiger partial charge on any atom is -0.805 e. The maximum absolute atomic E-state index is 12.7. The first-order chi connectivity index (χ1) is 12.2. The van der Waals surface area contributed by atoms with Crippen molar-refractivity contribution >= 4 is 26.8 Å². The van der Waals surface area contributed by atoms with Gasteiger partial charge in [-0.25, -0.2) is 8.42 Å². The Morgan fingerprint density at radius 2 is 1.96 bits per heavy atom. The van der Waals surface area contributed by atoms with E-state index in [4.69, 9.17) is 0 Å². The number of nitrogens with one attached hydrogen (secondary N) is 1. The largest absolute Gasteiger partial charge is 0.805 e. The zero-order chi connectivity index (χ0) is 19.5. The van der Waals surface area contributed by atoms with Gasteiger partial charge in [0, 0.05) is 18.0 Å². The summed E-state index contributed by atoms with van der Waals surface area (Å²) in [6, 6.07) is 5.93. The molecule has 0 saturated carbocycles. The molecule has 0 aliphatic heterocycles. The molecule has 1 N–H and O–H groups in total. The van der Waals surface area contributed by atoms with Crippen molar-refractivity contribution in [2.45, 2.75) is 12.2 Å². The monoisotopic (exact) mass is 382 g/mol. The van der Waals surface area contributed by atoms with Crippen LogP contribution in [0.15, 0.2) is 24.3 Å². The number of hydrogen-bond acceptors (Lipinski definition) is 6. The number of amides is 1. The van der Waals surface area contributed by atoms with E-state index in [1.54, 1.807) is 12.1 Å². The highest BCUT2D eigenvalue weighted by Gasteiger charge is 2.31. The molecule has 0 fully saturated rings. The average Bonchev–Trinajstić information content (AvgIpc) is 2.58. The Labute approximate surface area is 151 Å². The Morgan fingerprint density at radius 1 is 1.31 bits per heavy atom. The molecule has 10 heteroatoms. The first-order valence-corrected chi connectivity index (χ1v) is 9.84. The van der Waals surface area contributed by atoms with Gasteiger partial charge in [0.2, 0.25) is 0 Å². The van der Waals surface area contributed by atoms with Crippen LogP contribution in [0.5, 0.6) is 0 Å². The minimum absolute atomic E-state index is 0.00476. The summed E-state index contributed by atoms with van der Waals surface area (Å²) in [5, 5.41) is 15.0. The van der Waals surface area contributed by atoms with Crippen molar-refractivity contribution in [2.24, 2.45) is 0 Å². The second-order valence-electron chi connectivity index (χ2n) is 6.20.